The zero-order chi connectivity index (χ0) is 14.6. The molecule has 19 heavy (non-hydrogen) atoms. The molecule has 0 aliphatic rings. The van der Waals surface area contributed by atoms with Crippen molar-refractivity contribution in [1.29, 1.82) is 0 Å². The summed E-state index contributed by atoms with van der Waals surface area (Å²) in [5.74, 6) is 0. The summed E-state index contributed by atoms with van der Waals surface area (Å²) < 4.78 is 26.4. The van der Waals surface area contributed by atoms with Crippen LogP contribution in [0.4, 0.5) is 0 Å². The maximum absolute atomic E-state index is 12.6. The first-order valence-corrected chi connectivity index (χ1v) is 8.08. The average molecular weight is 326 g/mol. The van der Waals surface area contributed by atoms with Crippen LogP contribution in [0.25, 0.3) is 0 Å². The van der Waals surface area contributed by atoms with Crippen LogP contribution in [-0.4, -0.2) is 37.0 Å². The average Bonchev–Trinajstić information content (AvgIpc) is 2.32. The molecule has 0 aliphatic carbocycles. The first kappa shape index (κ1) is 16.7. The Morgan fingerprint density at radius 1 is 1.32 bits per heavy atom. The smallest absolute Gasteiger partial charge is 0.244 e. The van der Waals surface area contributed by atoms with E-state index in [9.17, 15) is 8.42 Å². The topological polar surface area (TPSA) is 57.6 Å². The highest BCUT2D eigenvalue weighted by atomic mass is 35.5. The molecule has 1 rings (SSSR count). The molecule has 0 saturated carbocycles. The van der Waals surface area contributed by atoms with Gasteiger partial charge in [0.1, 0.15) is 4.90 Å². The minimum Gasteiger partial charge on any atom is -0.396 e. The molecule has 0 radical (unpaired) electrons. The van der Waals surface area contributed by atoms with Crippen LogP contribution in [-0.2, 0) is 10.0 Å². The highest BCUT2D eigenvalue weighted by Crippen LogP contribution is 2.28. The molecule has 0 amide bonds. The largest absolute Gasteiger partial charge is 0.396 e. The van der Waals surface area contributed by atoms with E-state index in [1.165, 1.54) is 22.5 Å². The lowest BCUT2D eigenvalue weighted by Gasteiger charge is -2.26. The minimum atomic E-state index is -3.72. The quantitative estimate of drug-likeness (QED) is 0.874. The molecule has 0 aliphatic heterocycles. The SMILES string of the molecule is CC(C)N(CCCO)S(=O)(=O)c1cc(Cl)ccc1Cl. The number of halogens is 2. The number of benzene rings is 1. The third-order valence-electron chi connectivity index (χ3n) is 2.59. The summed E-state index contributed by atoms with van der Waals surface area (Å²) >= 11 is 11.8. The Morgan fingerprint density at radius 3 is 2.47 bits per heavy atom. The van der Waals surface area contributed by atoms with Gasteiger partial charge in [-0.15, -0.1) is 0 Å². The molecule has 0 aromatic heterocycles. The molecule has 1 aromatic rings. The van der Waals surface area contributed by atoms with Gasteiger partial charge in [-0.1, -0.05) is 23.2 Å². The van der Waals surface area contributed by atoms with Crippen LogP contribution in [0.1, 0.15) is 20.3 Å². The standard InChI is InChI=1S/C12H17Cl2NO3S/c1-9(2)15(6-3-7-16)19(17,18)12-8-10(13)4-5-11(12)14/h4-5,8-9,16H,3,6-7H2,1-2H3. The zero-order valence-electron chi connectivity index (χ0n) is 10.8. The second kappa shape index (κ2) is 6.90. The Hall–Kier alpha value is -0.330. The molecule has 108 valence electrons. The molecule has 0 saturated heterocycles. The fraction of sp³-hybridized carbons (Fsp3) is 0.500. The van der Waals surface area contributed by atoms with Crippen molar-refractivity contribution in [2.45, 2.75) is 31.2 Å². The molecule has 0 unspecified atom stereocenters. The lowest BCUT2D eigenvalue weighted by molar-refractivity contribution is 0.258. The molecule has 0 heterocycles. The van der Waals surface area contributed by atoms with Crippen LogP contribution in [0.3, 0.4) is 0 Å². The van der Waals surface area contributed by atoms with E-state index in [0.29, 0.717) is 11.4 Å². The van der Waals surface area contributed by atoms with Crippen LogP contribution in [0.15, 0.2) is 23.1 Å². The van der Waals surface area contributed by atoms with Gasteiger partial charge in [0, 0.05) is 24.2 Å². The predicted octanol–water partition coefficient (Wildman–Crippen LogP) is 2.77. The number of sulfonamides is 1. The lowest BCUT2D eigenvalue weighted by Crippen LogP contribution is -2.38. The monoisotopic (exact) mass is 325 g/mol. The van der Waals surface area contributed by atoms with Gasteiger partial charge in [-0.3, -0.25) is 0 Å². The summed E-state index contributed by atoms with van der Waals surface area (Å²) in [5.41, 5.74) is 0. The van der Waals surface area contributed by atoms with Gasteiger partial charge in [0.2, 0.25) is 10.0 Å². The van der Waals surface area contributed by atoms with E-state index < -0.39 is 10.0 Å². The maximum atomic E-state index is 12.6. The van der Waals surface area contributed by atoms with E-state index in [0.717, 1.165) is 0 Å². The molecular formula is C12H17Cl2NO3S. The van der Waals surface area contributed by atoms with Gasteiger partial charge in [-0.05, 0) is 38.5 Å². The summed E-state index contributed by atoms with van der Waals surface area (Å²) in [6.45, 7) is 3.71. The Bertz CT molecular complexity index is 532. The van der Waals surface area contributed by atoms with E-state index >= 15 is 0 Å². The molecular weight excluding hydrogens is 309 g/mol. The highest BCUT2D eigenvalue weighted by molar-refractivity contribution is 7.89. The summed E-state index contributed by atoms with van der Waals surface area (Å²) in [6.07, 6.45) is 0.371. The Kier molecular flexibility index (Phi) is 6.08. The van der Waals surface area contributed by atoms with E-state index in [1.807, 2.05) is 0 Å². The third kappa shape index (κ3) is 4.07. The van der Waals surface area contributed by atoms with Crippen LogP contribution in [0.2, 0.25) is 10.0 Å². The summed E-state index contributed by atoms with van der Waals surface area (Å²) in [6, 6.07) is 4.11. The Labute approximate surface area is 124 Å². The van der Waals surface area contributed by atoms with E-state index in [1.54, 1.807) is 13.8 Å². The Balaban J connectivity index is 3.22. The minimum absolute atomic E-state index is 0.00620. The normalized spacial score (nSPS) is 12.4. The summed E-state index contributed by atoms with van der Waals surface area (Å²) in [4.78, 5) is -0.00620. The van der Waals surface area contributed by atoms with Gasteiger partial charge in [-0.25, -0.2) is 8.42 Å². The van der Waals surface area contributed by atoms with Gasteiger partial charge < -0.3 is 5.11 Å². The van der Waals surface area contributed by atoms with Crippen molar-refractivity contribution < 1.29 is 13.5 Å². The van der Waals surface area contributed by atoms with Crippen molar-refractivity contribution in [2.24, 2.45) is 0 Å². The van der Waals surface area contributed by atoms with Gasteiger partial charge in [-0.2, -0.15) is 4.31 Å². The van der Waals surface area contributed by atoms with Crippen molar-refractivity contribution in [3.8, 4) is 0 Å². The summed E-state index contributed by atoms with van der Waals surface area (Å²) in [7, 11) is -3.72. The van der Waals surface area contributed by atoms with Gasteiger partial charge in [0.05, 0.1) is 5.02 Å². The number of rotatable bonds is 6. The van der Waals surface area contributed by atoms with Gasteiger partial charge >= 0.3 is 0 Å². The molecule has 0 fully saturated rings. The fourth-order valence-electron chi connectivity index (χ4n) is 1.68. The summed E-state index contributed by atoms with van der Waals surface area (Å²) in [5, 5.41) is 9.32. The lowest BCUT2D eigenvalue weighted by atomic mass is 10.3. The van der Waals surface area contributed by atoms with Crippen molar-refractivity contribution in [1.82, 2.24) is 4.31 Å². The van der Waals surface area contributed by atoms with E-state index in [2.05, 4.69) is 0 Å². The van der Waals surface area contributed by atoms with Crippen molar-refractivity contribution >= 4 is 33.2 Å². The molecule has 1 aromatic carbocycles. The molecule has 0 atom stereocenters. The fourth-order valence-corrected chi connectivity index (χ4v) is 4.10. The third-order valence-corrected chi connectivity index (χ3v) is 5.38. The van der Waals surface area contributed by atoms with E-state index in [4.69, 9.17) is 28.3 Å². The number of aliphatic hydroxyl groups excluding tert-OH is 1. The molecule has 0 spiro atoms. The molecule has 1 N–H and O–H groups in total. The van der Waals surface area contributed by atoms with Crippen LogP contribution in [0.5, 0.6) is 0 Å². The first-order chi connectivity index (χ1) is 8.80. The van der Waals surface area contributed by atoms with Crippen LogP contribution in [0, 0.1) is 0 Å². The molecule has 0 bridgehead atoms. The predicted molar refractivity (Wildman–Crippen MR) is 77.2 cm³/mol. The Morgan fingerprint density at radius 2 is 1.95 bits per heavy atom. The second-order valence-corrected chi connectivity index (χ2v) is 7.06. The highest BCUT2D eigenvalue weighted by Gasteiger charge is 2.28. The van der Waals surface area contributed by atoms with Gasteiger partial charge in [0.15, 0.2) is 0 Å². The first-order valence-electron chi connectivity index (χ1n) is 5.88. The van der Waals surface area contributed by atoms with Crippen LogP contribution >= 0.6 is 23.2 Å². The number of hydrogen-bond acceptors (Lipinski definition) is 3. The van der Waals surface area contributed by atoms with E-state index in [-0.39, 0.29) is 29.1 Å². The number of nitrogens with zero attached hydrogens (tertiary/aromatic N) is 1. The number of aliphatic hydroxyl groups is 1. The van der Waals surface area contributed by atoms with Crippen molar-refractivity contribution in [3.63, 3.8) is 0 Å². The number of hydrogen-bond donors (Lipinski definition) is 1. The molecule has 4 nitrogen and oxygen atoms in total. The maximum Gasteiger partial charge on any atom is 0.244 e. The van der Waals surface area contributed by atoms with Crippen molar-refractivity contribution in [2.75, 3.05) is 13.2 Å². The van der Waals surface area contributed by atoms with Crippen LogP contribution < -0.4 is 0 Å². The molecule has 7 heteroatoms. The zero-order valence-corrected chi connectivity index (χ0v) is 13.1. The van der Waals surface area contributed by atoms with Crippen molar-refractivity contribution in [3.05, 3.63) is 28.2 Å². The van der Waals surface area contributed by atoms with Gasteiger partial charge in [0.25, 0.3) is 0 Å². The second-order valence-electron chi connectivity index (χ2n) is 4.36.